The highest BCUT2D eigenvalue weighted by atomic mass is 32.2. The first kappa shape index (κ1) is 22.7. The third kappa shape index (κ3) is 4.27. The van der Waals surface area contributed by atoms with Crippen LogP contribution in [0.1, 0.15) is 5.56 Å². The quantitative estimate of drug-likeness (QED) is 0.282. The molecule has 5 rings (SSSR count). The molecular formula is C30H26N2O2S. The van der Waals surface area contributed by atoms with Gasteiger partial charge in [0.2, 0.25) is 0 Å². The number of nitrogens with zero attached hydrogens (tertiary/aromatic N) is 1. The Kier molecular flexibility index (Phi) is 6.01. The number of aromatic amines is 1. The van der Waals surface area contributed by atoms with Gasteiger partial charge < -0.3 is 4.98 Å². The summed E-state index contributed by atoms with van der Waals surface area (Å²) in [6.07, 6.45) is 0. The average Bonchev–Trinajstić information content (AvgIpc) is 3.30. The maximum atomic E-state index is 13.7. The van der Waals surface area contributed by atoms with Gasteiger partial charge in [0.25, 0.3) is 10.0 Å². The lowest BCUT2D eigenvalue weighted by molar-refractivity contribution is 0.594. The number of aromatic nitrogens is 1. The maximum Gasteiger partial charge on any atom is 0.265 e. The predicted octanol–water partition coefficient (Wildman–Crippen LogP) is 7.15. The van der Waals surface area contributed by atoms with Crippen molar-refractivity contribution < 1.29 is 8.42 Å². The van der Waals surface area contributed by atoms with E-state index in [0.29, 0.717) is 5.82 Å². The number of hydrogen-bond acceptors (Lipinski definition) is 2. The minimum Gasteiger partial charge on any atom is -0.340 e. The summed E-state index contributed by atoms with van der Waals surface area (Å²) in [6.45, 7) is 1.94. The molecule has 0 aliphatic heterocycles. The topological polar surface area (TPSA) is 53.2 Å². The summed E-state index contributed by atoms with van der Waals surface area (Å²) in [5, 5.41) is 0. The number of hydrogen-bond donors (Lipinski definition) is 1. The zero-order chi connectivity index (χ0) is 24.4. The Morgan fingerprint density at radius 3 is 1.57 bits per heavy atom. The van der Waals surface area contributed by atoms with Crippen LogP contribution in [0.15, 0.2) is 120 Å². The summed E-state index contributed by atoms with van der Waals surface area (Å²) in [4.78, 5) is 3.75. The number of rotatable bonds is 6. The van der Waals surface area contributed by atoms with Crippen LogP contribution in [0.2, 0.25) is 0 Å². The molecule has 0 bridgehead atoms. The number of H-pyrrole nitrogens is 1. The molecule has 1 heterocycles. The molecule has 35 heavy (non-hydrogen) atoms. The van der Waals surface area contributed by atoms with Gasteiger partial charge in [-0.2, -0.15) is 0 Å². The summed E-state index contributed by atoms with van der Waals surface area (Å²) >= 11 is 0. The molecule has 174 valence electrons. The molecule has 0 unspecified atom stereocenters. The molecule has 1 aromatic heterocycles. The lowest BCUT2D eigenvalue weighted by Gasteiger charge is -2.20. The van der Waals surface area contributed by atoms with Crippen LogP contribution in [0, 0.1) is 6.92 Å². The Hall–Kier alpha value is -4.09. The lowest BCUT2D eigenvalue weighted by Crippen LogP contribution is -2.27. The highest BCUT2D eigenvalue weighted by Crippen LogP contribution is 2.46. The van der Waals surface area contributed by atoms with E-state index in [9.17, 15) is 8.42 Å². The standard InChI is InChI=1S/C30H26N2O2S/c1-22-18-20-26(21-19-22)35(33,34)32(2)30-28(24-14-8-4-9-15-24)27(23-12-6-3-7-13-23)29(31-30)25-16-10-5-11-17-25/h3-21,31H,1-2H3. The number of aryl methyl sites for hydroxylation is 1. The molecule has 0 radical (unpaired) electrons. The molecule has 0 saturated carbocycles. The SMILES string of the molecule is Cc1ccc(S(=O)(=O)N(C)c2[nH]c(-c3ccccc3)c(-c3ccccc3)c2-c2ccccc2)cc1. The smallest absolute Gasteiger partial charge is 0.265 e. The number of nitrogens with one attached hydrogen (secondary N) is 1. The molecule has 0 fully saturated rings. The van der Waals surface area contributed by atoms with Gasteiger partial charge in [-0.25, -0.2) is 8.42 Å². The fraction of sp³-hybridized carbons (Fsp3) is 0.0667. The van der Waals surface area contributed by atoms with Crippen LogP contribution in [-0.2, 0) is 10.0 Å². The van der Waals surface area contributed by atoms with Crippen molar-refractivity contribution in [1.82, 2.24) is 4.98 Å². The van der Waals surface area contributed by atoms with Crippen molar-refractivity contribution in [3.8, 4) is 33.5 Å². The van der Waals surface area contributed by atoms with E-state index < -0.39 is 10.0 Å². The first-order valence-electron chi connectivity index (χ1n) is 11.4. The van der Waals surface area contributed by atoms with Gasteiger partial charge in [-0.15, -0.1) is 0 Å². The highest BCUT2D eigenvalue weighted by molar-refractivity contribution is 7.92. The third-order valence-electron chi connectivity index (χ3n) is 6.16. The lowest BCUT2D eigenvalue weighted by atomic mass is 9.94. The van der Waals surface area contributed by atoms with E-state index in [2.05, 4.69) is 17.1 Å². The molecule has 5 aromatic rings. The second kappa shape index (κ2) is 9.28. The van der Waals surface area contributed by atoms with Crippen molar-refractivity contribution >= 4 is 15.8 Å². The minimum absolute atomic E-state index is 0.252. The Morgan fingerprint density at radius 2 is 1.06 bits per heavy atom. The molecule has 0 spiro atoms. The maximum absolute atomic E-state index is 13.7. The van der Waals surface area contributed by atoms with E-state index in [1.165, 1.54) is 4.31 Å². The van der Waals surface area contributed by atoms with Gasteiger partial charge in [-0.05, 0) is 35.7 Å². The summed E-state index contributed by atoms with van der Waals surface area (Å²) in [5.74, 6) is 0.523. The van der Waals surface area contributed by atoms with Crippen LogP contribution in [-0.4, -0.2) is 20.4 Å². The third-order valence-corrected chi connectivity index (χ3v) is 7.93. The molecule has 4 aromatic carbocycles. The van der Waals surface area contributed by atoms with Crippen molar-refractivity contribution in [2.75, 3.05) is 11.4 Å². The van der Waals surface area contributed by atoms with Gasteiger partial charge in [-0.3, -0.25) is 4.31 Å². The van der Waals surface area contributed by atoms with E-state index in [1.54, 1.807) is 19.2 Å². The van der Waals surface area contributed by atoms with Gasteiger partial charge >= 0.3 is 0 Å². The summed E-state index contributed by atoms with van der Waals surface area (Å²) in [7, 11) is -2.20. The first-order valence-corrected chi connectivity index (χ1v) is 12.9. The van der Waals surface area contributed by atoms with Crippen LogP contribution < -0.4 is 4.31 Å². The van der Waals surface area contributed by atoms with E-state index >= 15 is 0 Å². The van der Waals surface area contributed by atoms with Gasteiger partial charge in [0, 0.05) is 18.2 Å². The van der Waals surface area contributed by atoms with E-state index in [-0.39, 0.29) is 4.90 Å². The average molecular weight is 479 g/mol. The Morgan fingerprint density at radius 1 is 0.600 bits per heavy atom. The fourth-order valence-electron chi connectivity index (χ4n) is 4.31. The molecule has 1 N–H and O–H groups in total. The van der Waals surface area contributed by atoms with Gasteiger partial charge in [0.1, 0.15) is 5.82 Å². The first-order chi connectivity index (χ1) is 17.0. The summed E-state index contributed by atoms with van der Waals surface area (Å²) in [5.41, 5.74) is 6.61. The van der Waals surface area contributed by atoms with Crippen molar-refractivity contribution in [2.24, 2.45) is 0 Å². The van der Waals surface area contributed by atoms with Crippen LogP contribution in [0.3, 0.4) is 0 Å². The molecule has 4 nitrogen and oxygen atoms in total. The van der Waals surface area contributed by atoms with Crippen LogP contribution in [0.4, 0.5) is 5.82 Å². The van der Waals surface area contributed by atoms with Crippen molar-refractivity contribution in [1.29, 1.82) is 0 Å². The van der Waals surface area contributed by atoms with Crippen molar-refractivity contribution in [2.45, 2.75) is 11.8 Å². The van der Waals surface area contributed by atoms with Gasteiger partial charge in [0.15, 0.2) is 0 Å². The number of sulfonamides is 1. The van der Waals surface area contributed by atoms with Crippen molar-refractivity contribution in [3.05, 3.63) is 121 Å². The molecule has 0 aliphatic rings. The van der Waals surface area contributed by atoms with Crippen LogP contribution >= 0.6 is 0 Å². The summed E-state index contributed by atoms with van der Waals surface area (Å²) in [6, 6.07) is 37.0. The predicted molar refractivity (Wildman–Crippen MR) is 144 cm³/mol. The molecule has 0 saturated heterocycles. The zero-order valence-corrected chi connectivity index (χ0v) is 20.5. The van der Waals surface area contributed by atoms with E-state index in [4.69, 9.17) is 0 Å². The molecular weight excluding hydrogens is 452 g/mol. The molecule has 0 aliphatic carbocycles. The number of benzene rings is 4. The Balaban J connectivity index is 1.81. The van der Waals surface area contributed by atoms with Crippen LogP contribution in [0.25, 0.3) is 33.5 Å². The second-order valence-electron chi connectivity index (χ2n) is 8.48. The largest absolute Gasteiger partial charge is 0.340 e. The highest BCUT2D eigenvalue weighted by Gasteiger charge is 2.29. The monoisotopic (exact) mass is 478 g/mol. The minimum atomic E-state index is -3.81. The molecule has 5 heteroatoms. The number of anilines is 1. The van der Waals surface area contributed by atoms with Crippen molar-refractivity contribution in [3.63, 3.8) is 0 Å². The fourth-order valence-corrected chi connectivity index (χ4v) is 5.49. The normalized spacial score (nSPS) is 11.4. The zero-order valence-electron chi connectivity index (χ0n) is 19.6. The van der Waals surface area contributed by atoms with Crippen LogP contribution in [0.5, 0.6) is 0 Å². The van der Waals surface area contributed by atoms with Gasteiger partial charge in [0.05, 0.1) is 10.6 Å². The second-order valence-corrected chi connectivity index (χ2v) is 10.5. The Labute approximate surface area is 206 Å². The Bertz CT molecular complexity index is 1540. The van der Waals surface area contributed by atoms with Gasteiger partial charge in [-0.1, -0.05) is 109 Å². The van der Waals surface area contributed by atoms with E-state index in [0.717, 1.165) is 39.1 Å². The summed E-state index contributed by atoms with van der Waals surface area (Å²) < 4.78 is 28.8. The molecule has 0 amide bonds. The molecule has 0 atom stereocenters. The van der Waals surface area contributed by atoms with E-state index in [1.807, 2.05) is 97.9 Å².